The van der Waals surface area contributed by atoms with Crippen LogP contribution in [0.5, 0.6) is 5.75 Å². The number of hydrogen-bond acceptors (Lipinski definition) is 2. The fourth-order valence-corrected chi connectivity index (χ4v) is 3.17. The molecule has 0 spiro atoms. The van der Waals surface area contributed by atoms with E-state index in [1.807, 2.05) is 0 Å². The molecule has 1 fully saturated rings. The van der Waals surface area contributed by atoms with Crippen molar-refractivity contribution in [1.29, 1.82) is 0 Å². The molecule has 0 atom stereocenters. The predicted molar refractivity (Wildman–Crippen MR) is 78.8 cm³/mol. The zero-order valence-electron chi connectivity index (χ0n) is 11.8. The molecule has 1 N–H and O–H groups in total. The Morgan fingerprint density at radius 3 is 2.79 bits per heavy atom. The Morgan fingerprint density at radius 2 is 2.05 bits per heavy atom. The van der Waals surface area contributed by atoms with Gasteiger partial charge in [-0.3, -0.25) is 0 Å². The van der Waals surface area contributed by atoms with Gasteiger partial charge in [-0.15, -0.1) is 0 Å². The second-order valence-electron chi connectivity index (χ2n) is 5.50. The summed E-state index contributed by atoms with van der Waals surface area (Å²) >= 11 is 0. The molecule has 0 radical (unpaired) electrons. The van der Waals surface area contributed by atoms with Gasteiger partial charge in [0.2, 0.25) is 0 Å². The van der Waals surface area contributed by atoms with Crippen molar-refractivity contribution in [2.75, 3.05) is 20.2 Å². The van der Waals surface area contributed by atoms with Crippen molar-refractivity contribution in [2.45, 2.75) is 19.3 Å². The van der Waals surface area contributed by atoms with E-state index in [-0.39, 0.29) is 0 Å². The van der Waals surface area contributed by atoms with E-state index in [0.29, 0.717) is 0 Å². The van der Waals surface area contributed by atoms with E-state index >= 15 is 0 Å². The minimum Gasteiger partial charge on any atom is -0.496 e. The molecule has 19 heavy (non-hydrogen) atoms. The fraction of sp³-hybridized carbons (Fsp3) is 0.500. The van der Waals surface area contributed by atoms with E-state index in [4.69, 9.17) is 4.74 Å². The number of nitrogens with one attached hydrogen (secondary N) is 1. The summed E-state index contributed by atoms with van der Waals surface area (Å²) in [7, 11) is 3.87. The van der Waals surface area contributed by atoms with Gasteiger partial charge < -0.3 is 14.6 Å². The van der Waals surface area contributed by atoms with Crippen LogP contribution in [0.25, 0.3) is 10.9 Å². The molecule has 2 aromatic rings. The third-order valence-electron chi connectivity index (χ3n) is 4.31. The Balaban J connectivity index is 1.98. The van der Waals surface area contributed by atoms with Crippen molar-refractivity contribution >= 4 is 10.9 Å². The van der Waals surface area contributed by atoms with Gasteiger partial charge in [0.1, 0.15) is 5.75 Å². The van der Waals surface area contributed by atoms with Gasteiger partial charge in [0.25, 0.3) is 0 Å². The Kier molecular flexibility index (Phi) is 3.47. The van der Waals surface area contributed by atoms with E-state index in [0.717, 1.165) is 31.2 Å². The van der Waals surface area contributed by atoms with Gasteiger partial charge in [0, 0.05) is 29.7 Å². The van der Waals surface area contributed by atoms with Crippen LogP contribution in [0.2, 0.25) is 0 Å². The average molecular weight is 258 g/mol. The first-order chi connectivity index (χ1) is 9.29. The SMILES string of the molecule is COc1ccc2c(ccn2C)c1CC1CCNCC1. The molecule has 1 aliphatic heterocycles. The molecule has 0 bridgehead atoms. The monoisotopic (exact) mass is 258 g/mol. The molecule has 3 heteroatoms. The molecule has 102 valence electrons. The predicted octanol–water partition coefficient (Wildman–Crippen LogP) is 2.73. The molecule has 0 amide bonds. The lowest BCUT2D eigenvalue weighted by Crippen LogP contribution is -2.28. The Hall–Kier alpha value is -1.48. The maximum atomic E-state index is 5.58. The van der Waals surface area contributed by atoms with Crippen molar-refractivity contribution in [3.05, 3.63) is 30.0 Å². The summed E-state index contributed by atoms with van der Waals surface area (Å²) in [6, 6.07) is 6.48. The van der Waals surface area contributed by atoms with E-state index in [1.54, 1.807) is 7.11 Å². The number of piperidine rings is 1. The molecule has 1 aromatic carbocycles. The Morgan fingerprint density at radius 1 is 1.26 bits per heavy atom. The van der Waals surface area contributed by atoms with Crippen molar-refractivity contribution in [3.8, 4) is 5.75 Å². The van der Waals surface area contributed by atoms with Crippen molar-refractivity contribution < 1.29 is 4.74 Å². The summed E-state index contributed by atoms with van der Waals surface area (Å²) in [6.45, 7) is 2.30. The van der Waals surface area contributed by atoms with Crippen LogP contribution in [0.3, 0.4) is 0 Å². The highest BCUT2D eigenvalue weighted by Crippen LogP contribution is 2.32. The minimum atomic E-state index is 0.779. The topological polar surface area (TPSA) is 26.2 Å². The van der Waals surface area contributed by atoms with E-state index in [2.05, 4.69) is 41.3 Å². The van der Waals surface area contributed by atoms with E-state index < -0.39 is 0 Å². The standard InChI is InChI=1S/C16H22N2O/c1-18-10-7-13-14(11-12-5-8-17-9-6-12)16(19-2)4-3-15(13)18/h3-4,7,10,12,17H,5-6,8-9,11H2,1-2H3. The lowest BCUT2D eigenvalue weighted by Gasteiger charge is -2.23. The number of hydrogen-bond donors (Lipinski definition) is 1. The highest BCUT2D eigenvalue weighted by Gasteiger charge is 2.18. The van der Waals surface area contributed by atoms with Crippen LogP contribution in [0.4, 0.5) is 0 Å². The van der Waals surface area contributed by atoms with Crippen LogP contribution in [0, 0.1) is 5.92 Å². The normalized spacial score (nSPS) is 16.9. The zero-order valence-corrected chi connectivity index (χ0v) is 11.8. The lowest BCUT2D eigenvalue weighted by molar-refractivity contribution is 0.362. The first-order valence-corrected chi connectivity index (χ1v) is 7.11. The Labute approximate surface area is 114 Å². The van der Waals surface area contributed by atoms with Gasteiger partial charge in [0.05, 0.1) is 7.11 Å². The third kappa shape index (κ3) is 2.35. The van der Waals surface area contributed by atoms with Crippen LogP contribution in [-0.2, 0) is 13.5 Å². The molecule has 3 nitrogen and oxygen atoms in total. The summed E-state index contributed by atoms with van der Waals surface area (Å²) in [6.07, 6.45) is 5.81. The number of rotatable bonds is 3. The van der Waals surface area contributed by atoms with Crippen LogP contribution in [-0.4, -0.2) is 24.8 Å². The van der Waals surface area contributed by atoms with Crippen LogP contribution >= 0.6 is 0 Å². The largest absolute Gasteiger partial charge is 0.496 e. The summed E-state index contributed by atoms with van der Waals surface area (Å²) in [4.78, 5) is 0. The number of aryl methyl sites for hydroxylation is 1. The third-order valence-corrected chi connectivity index (χ3v) is 4.31. The van der Waals surface area contributed by atoms with Gasteiger partial charge in [-0.05, 0) is 56.5 Å². The molecule has 0 saturated carbocycles. The van der Waals surface area contributed by atoms with Gasteiger partial charge in [-0.2, -0.15) is 0 Å². The molecule has 1 aromatic heterocycles. The Bertz CT molecular complexity index is 567. The van der Waals surface area contributed by atoms with Crippen LogP contribution in [0.15, 0.2) is 24.4 Å². The van der Waals surface area contributed by atoms with Gasteiger partial charge >= 0.3 is 0 Å². The number of nitrogens with zero attached hydrogens (tertiary/aromatic N) is 1. The molecule has 1 aliphatic rings. The van der Waals surface area contributed by atoms with Crippen molar-refractivity contribution in [2.24, 2.45) is 13.0 Å². The van der Waals surface area contributed by atoms with E-state index in [9.17, 15) is 0 Å². The fourth-order valence-electron chi connectivity index (χ4n) is 3.17. The molecule has 0 unspecified atom stereocenters. The average Bonchev–Trinajstić information content (AvgIpc) is 2.82. The van der Waals surface area contributed by atoms with Crippen molar-refractivity contribution in [1.82, 2.24) is 9.88 Å². The van der Waals surface area contributed by atoms with E-state index in [1.165, 1.54) is 29.3 Å². The molecule has 2 heterocycles. The van der Waals surface area contributed by atoms with Gasteiger partial charge in [0.15, 0.2) is 0 Å². The molecule has 3 rings (SSSR count). The lowest BCUT2D eigenvalue weighted by atomic mass is 9.89. The highest BCUT2D eigenvalue weighted by atomic mass is 16.5. The number of fused-ring (bicyclic) bond motifs is 1. The number of benzene rings is 1. The molecular weight excluding hydrogens is 236 g/mol. The first-order valence-electron chi connectivity index (χ1n) is 7.11. The van der Waals surface area contributed by atoms with Crippen molar-refractivity contribution in [3.63, 3.8) is 0 Å². The molecule has 0 aliphatic carbocycles. The maximum Gasteiger partial charge on any atom is 0.122 e. The zero-order chi connectivity index (χ0) is 13.2. The number of aromatic nitrogens is 1. The minimum absolute atomic E-state index is 0.779. The summed E-state index contributed by atoms with van der Waals surface area (Å²) in [5.74, 6) is 1.82. The molecular formula is C16H22N2O. The smallest absolute Gasteiger partial charge is 0.122 e. The summed E-state index contributed by atoms with van der Waals surface area (Å²) in [5, 5.41) is 4.78. The quantitative estimate of drug-likeness (QED) is 0.916. The van der Waals surface area contributed by atoms with Gasteiger partial charge in [-0.1, -0.05) is 0 Å². The second kappa shape index (κ2) is 5.25. The van der Waals surface area contributed by atoms with Crippen LogP contribution in [0.1, 0.15) is 18.4 Å². The summed E-state index contributed by atoms with van der Waals surface area (Å²) in [5.41, 5.74) is 2.68. The molecule has 1 saturated heterocycles. The maximum absolute atomic E-state index is 5.58. The highest BCUT2D eigenvalue weighted by molar-refractivity contribution is 5.86. The first kappa shape index (κ1) is 12.5. The summed E-state index contributed by atoms with van der Waals surface area (Å²) < 4.78 is 7.76. The second-order valence-corrected chi connectivity index (χ2v) is 5.50. The van der Waals surface area contributed by atoms with Crippen LogP contribution < -0.4 is 10.1 Å². The number of ether oxygens (including phenoxy) is 1. The number of methoxy groups -OCH3 is 1. The van der Waals surface area contributed by atoms with Gasteiger partial charge in [-0.25, -0.2) is 0 Å².